The van der Waals surface area contributed by atoms with Crippen LogP contribution >= 0.6 is 0 Å². The summed E-state index contributed by atoms with van der Waals surface area (Å²) in [4.78, 5) is 3.55. The lowest BCUT2D eigenvalue weighted by Crippen LogP contribution is -2.65. The van der Waals surface area contributed by atoms with E-state index >= 15 is 0 Å². The smallest absolute Gasteiger partial charge is 0.397 e. The Hall–Kier alpha value is -1.15. The lowest BCUT2D eigenvalue weighted by atomic mass is 9.96. The van der Waals surface area contributed by atoms with Gasteiger partial charge in [-0.2, -0.15) is 8.42 Å². The molecule has 0 unspecified atom stereocenters. The van der Waals surface area contributed by atoms with Crippen molar-refractivity contribution in [2.24, 2.45) is 10.7 Å². The van der Waals surface area contributed by atoms with E-state index in [1.807, 2.05) is 0 Å². The van der Waals surface area contributed by atoms with Crippen LogP contribution < -0.4 is 10.8 Å². The van der Waals surface area contributed by atoms with E-state index in [0.717, 1.165) is 6.92 Å². The lowest BCUT2D eigenvalue weighted by Gasteiger charge is -2.47. The van der Waals surface area contributed by atoms with Gasteiger partial charge in [-0.05, 0) is 12.8 Å². The summed E-state index contributed by atoms with van der Waals surface area (Å²) in [7, 11) is -10.6. The first-order valence-corrected chi connectivity index (χ1v) is 13.2. The third-order valence-electron chi connectivity index (χ3n) is 5.09. The van der Waals surface area contributed by atoms with Gasteiger partial charge in [-0.25, -0.2) is 12.6 Å². The van der Waals surface area contributed by atoms with Gasteiger partial charge in [0.15, 0.2) is 12.6 Å². The molecule has 0 saturated carbocycles. The van der Waals surface area contributed by atoms with Crippen LogP contribution in [0, 0.1) is 0 Å². The fourth-order valence-corrected chi connectivity index (χ4v) is 4.41. The molecule has 0 aromatic heterocycles. The average molecular weight is 585 g/mol. The Kier molecular flexibility index (Phi) is 11.5. The second kappa shape index (κ2) is 13.3. The number of nitrogens with zero attached hydrogens (tertiary/aromatic N) is 1. The average Bonchev–Trinajstić information content (AvgIpc) is 2.77. The summed E-state index contributed by atoms with van der Waals surface area (Å²) in [5, 5.41) is 52.7. The molecule has 10 atom stereocenters. The Morgan fingerprint density at radius 2 is 1.65 bits per heavy atom. The van der Waals surface area contributed by atoms with E-state index in [0.29, 0.717) is 0 Å². The summed E-state index contributed by atoms with van der Waals surface area (Å²) in [6.07, 6.45) is -16.7. The SMILES string of the molecule is CC([O-])=N[C@H]1[C@@H](O[C@H]2[C@H](O)[C@@H](O)[C@H](OCCN)O[C@@H]2COS(=O)(=O)[O-])O[C@H](CO)[C@@H](O)[C@@H]1OS(=O)(=O)O. The molecule has 0 aromatic carbocycles. The molecule has 0 aromatic rings. The third-order valence-corrected chi connectivity index (χ3v) is 5.98. The maximum atomic E-state index is 11.7. The molecule has 37 heavy (non-hydrogen) atoms. The first kappa shape index (κ1) is 32.1. The molecule has 2 fully saturated rings. The standard InChI is InChI=1S/C16H30N2O17S2/c1-6(20)18-9-14(35-37(27,28)29)10(21)7(4-19)32-15(9)34-13-8(5-31-36(24,25)26)33-16(30-3-2-17)12(23)11(13)22/h7-16,19,21-23H,2-5,17H2,1H3,(H,18,20)(H,24,25,26)(H,27,28,29)/p-2/t7-,8-,9-,10-,11-,12-,13-,14-,15-,16-/m1/s1. The van der Waals surface area contributed by atoms with E-state index in [-0.39, 0.29) is 13.2 Å². The van der Waals surface area contributed by atoms with Crippen molar-refractivity contribution in [3.05, 3.63) is 0 Å². The highest BCUT2D eigenvalue weighted by Gasteiger charge is 2.53. The summed E-state index contributed by atoms with van der Waals surface area (Å²) in [5.74, 6) is -0.964. The van der Waals surface area contributed by atoms with E-state index < -0.39 is 101 Å². The normalized spacial score (nSPS) is 38.0. The van der Waals surface area contributed by atoms with E-state index in [9.17, 15) is 46.9 Å². The highest BCUT2D eigenvalue weighted by molar-refractivity contribution is 7.81. The van der Waals surface area contributed by atoms with Crippen molar-refractivity contribution in [1.29, 1.82) is 0 Å². The Bertz CT molecular complexity index is 974. The number of aliphatic hydroxyl groups is 4. The maximum absolute atomic E-state index is 11.7. The zero-order valence-electron chi connectivity index (χ0n) is 19.1. The summed E-state index contributed by atoms with van der Waals surface area (Å²) in [6.45, 7) is -1.35. The van der Waals surface area contributed by atoms with Gasteiger partial charge in [0.2, 0.25) is 10.4 Å². The molecule has 19 nitrogen and oxygen atoms in total. The second-order valence-corrected chi connectivity index (χ2v) is 9.92. The Morgan fingerprint density at radius 1 is 1.03 bits per heavy atom. The molecule has 0 bridgehead atoms. The highest BCUT2D eigenvalue weighted by Crippen LogP contribution is 2.32. The summed E-state index contributed by atoms with van der Waals surface area (Å²) >= 11 is 0. The van der Waals surface area contributed by atoms with Gasteiger partial charge in [-0.3, -0.25) is 13.7 Å². The van der Waals surface area contributed by atoms with Gasteiger partial charge in [-0.1, -0.05) is 0 Å². The van der Waals surface area contributed by atoms with Crippen molar-refractivity contribution < 1.29 is 78.8 Å². The van der Waals surface area contributed by atoms with Gasteiger partial charge < -0.3 is 54.8 Å². The summed E-state index contributed by atoms with van der Waals surface area (Å²) < 4.78 is 94.7. The number of nitrogens with two attached hydrogens (primary N) is 1. The predicted octanol–water partition coefficient (Wildman–Crippen LogP) is -6.32. The van der Waals surface area contributed by atoms with Crippen molar-refractivity contribution in [2.45, 2.75) is 68.3 Å². The largest absolute Gasteiger partial charge is 0.862 e. The number of aliphatic imine (C=N–C) groups is 1. The number of ether oxygens (including phenoxy) is 4. The van der Waals surface area contributed by atoms with Gasteiger partial charge in [0.25, 0.3) is 0 Å². The molecule has 0 spiro atoms. The van der Waals surface area contributed by atoms with Crippen molar-refractivity contribution in [2.75, 3.05) is 26.4 Å². The molecule has 7 N–H and O–H groups in total. The predicted molar refractivity (Wildman–Crippen MR) is 111 cm³/mol. The maximum Gasteiger partial charge on any atom is 0.397 e. The van der Waals surface area contributed by atoms with Crippen LogP contribution in [0.1, 0.15) is 6.92 Å². The topological polar surface area (TPSA) is 309 Å². The second-order valence-electron chi connectivity index (χ2n) is 7.82. The minimum atomic E-state index is -5.29. The van der Waals surface area contributed by atoms with Gasteiger partial charge in [0.1, 0.15) is 48.8 Å². The van der Waals surface area contributed by atoms with Crippen LogP contribution in [-0.2, 0) is 48.1 Å². The molecule has 0 amide bonds. The van der Waals surface area contributed by atoms with Crippen LogP contribution in [0.15, 0.2) is 4.99 Å². The molecule has 2 aliphatic rings. The molecule has 2 rings (SSSR count). The zero-order valence-corrected chi connectivity index (χ0v) is 20.7. The van der Waals surface area contributed by atoms with Crippen molar-refractivity contribution in [3.63, 3.8) is 0 Å². The number of aliphatic hydroxyl groups excluding tert-OH is 4. The van der Waals surface area contributed by atoms with Gasteiger partial charge in [0.05, 0.1) is 19.8 Å². The fraction of sp³-hybridized carbons (Fsp3) is 0.938. The first-order valence-electron chi connectivity index (χ1n) is 10.5. The van der Waals surface area contributed by atoms with E-state index in [1.54, 1.807) is 0 Å². The Balaban J connectivity index is 2.44. The summed E-state index contributed by atoms with van der Waals surface area (Å²) in [5.41, 5.74) is 5.31. The minimum absolute atomic E-state index is 0.0388. The molecule has 21 heteroatoms. The van der Waals surface area contributed by atoms with E-state index in [4.69, 9.17) is 29.2 Å². The van der Waals surface area contributed by atoms with Crippen molar-refractivity contribution in [3.8, 4) is 0 Å². The molecule has 2 heterocycles. The van der Waals surface area contributed by atoms with Crippen LogP contribution in [0.25, 0.3) is 0 Å². The monoisotopic (exact) mass is 584 g/mol. The molecule has 0 aliphatic carbocycles. The molecule has 218 valence electrons. The lowest BCUT2D eigenvalue weighted by molar-refractivity contribution is -0.344. The van der Waals surface area contributed by atoms with Crippen molar-refractivity contribution in [1.82, 2.24) is 0 Å². The first-order chi connectivity index (χ1) is 17.1. The van der Waals surface area contributed by atoms with Gasteiger partial charge >= 0.3 is 10.4 Å². The minimum Gasteiger partial charge on any atom is -0.862 e. The van der Waals surface area contributed by atoms with Crippen LogP contribution in [-0.4, -0.2) is 140 Å². The van der Waals surface area contributed by atoms with E-state index in [2.05, 4.69) is 13.4 Å². The Morgan fingerprint density at radius 3 is 2.16 bits per heavy atom. The Labute approximate surface area is 211 Å². The quantitative estimate of drug-likeness (QED) is 0.0537. The van der Waals surface area contributed by atoms with Crippen LogP contribution in [0.3, 0.4) is 0 Å². The molecule has 2 aliphatic heterocycles. The molecule has 2 saturated heterocycles. The highest BCUT2D eigenvalue weighted by atomic mass is 32.3. The number of rotatable bonds is 12. The molecular weight excluding hydrogens is 556 g/mol. The molecule has 0 radical (unpaired) electrons. The van der Waals surface area contributed by atoms with Crippen LogP contribution in [0.5, 0.6) is 0 Å². The van der Waals surface area contributed by atoms with Gasteiger partial charge in [0, 0.05) is 6.54 Å². The third kappa shape index (κ3) is 9.22. The van der Waals surface area contributed by atoms with Crippen LogP contribution in [0.2, 0.25) is 0 Å². The zero-order chi connectivity index (χ0) is 28.1. The van der Waals surface area contributed by atoms with Crippen LogP contribution in [0.4, 0.5) is 0 Å². The van der Waals surface area contributed by atoms with Gasteiger partial charge in [-0.15, -0.1) is 0 Å². The number of hydrogen-bond acceptors (Lipinski definition) is 18. The van der Waals surface area contributed by atoms with E-state index in [1.165, 1.54) is 0 Å². The molecular formula is C16H28N2O17S2-2. The summed E-state index contributed by atoms with van der Waals surface area (Å²) in [6, 6.07) is -1.88. The van der Waals surface area contributed by atoms with Crippen molar-refractivity contribution >= 4 is 26.7 Å². The fourth-order valence-electron chi connectivity index (χ4n) is 3.60. The number of hydrogen-bond donors (Lipinski definition) is 6.